The molecule has 1 N–H and O–H groups in total. The molecule has 1 aliphatic rings. The van der Waals surface area contributed by atoms with Crippen molar-refractivity contribution in [3.63, 3.8) is 0 Å². The van der Waals surface area contributed by atoms with Crippen LogP contribution < -0.4 is 0 Å². The van der Waals surface area contributed by atoms with E-state index in [1.54, 1.807) is 19.2 Å². The van der Waals surface area contributed by atoms with Crippen molar-refractivity contribution >= 4 is 40.6 Å². The van der Waals surface area contributed by atoms with Gasteiger partial charge in [-0.05, 0) is 48.5 Å². The summed E-state index contributed by atoms with van der Waals surface area (Å²) in [5, 5.41) is 9.58. The maximum Gasteiger partial charge on any atom is 0.335 e. The number of likely N-dealkylation sites (N-methyl/N-ethyl adjacent to an activating group) is 1. The number of nitrogens with zero attached hydrogens (tertiary/aromatic N) is 2. The largest absolute Gasteiger partial charge is 0.478 e. The minimum Gasteiger partial charge on any atom is -0.478 e. The molecule has 1 fully saturated rings. The van der Waals surface area contributed by atoms with Crippen LogP contribution in [0.2, 0.25) is 0 Å². The number of amides is 1. The van der Waals surface area contributed by atoms with E-state index in [9.17, 15) is 9.59 Å². The first-order chi connectivity index (χ1) is 11.9. The molecule has 0 aliphatic carbocycles. The van der Waals surface area contributed by atoms with Gasteiger partial charge in [-0.1, -0.05) is 35.9 Å². The van der Waals surface area contributed by atoms with E-state index in [1.807, 2.05) is 37.3 Å². The molecule has 6 heteroatoms. The van der Waals surface area contributed by atoms with Crippen LogP contribution in [0, 0.1) is 6.92 Å². The zero-order chi connectivity index (χ0) is 18.0. The summed E-state index contributed by atoms with van der Waals surface area (Å²) in [5.41, 5.74) is 2.77. The third-order valence-corrected chi connectivity index (χ3v) is 4.76. The van der Waals surface area contributed by atoms with Crippen LogP contribution in [-0.4, -0.2) is 34.1 Å². The first kappa shape index (κ1) is 17.0. The van der Waals surface area contributed by atoms with E-state index >= 15 is 0 Å². The molecular weight excluding hydrogens is 336 g/mol. The summed E-state index contributed by atoms with van der Waals surface area (Å²) in [5.74, 6) is -1.13. The summed E-state index contributed by atoms with van der Waals surface area (Å²) in [7, 11) is 1.66. The average Bonchev–Trinajstić information content (AvgIpc) is 2.85. The Hall–Kier alpha value is -2.86. The van der Waals surface area contributed by atoms with Gasteiger partial charge in [-0.2, -0.15) is 0 Å². The molecule has 0 radical (unpaired) electrons. The normalized spacial score (nSPS) is 17.5. The molecule has 3 rings (SSSR count). The molecule has 0 aromatic heterocycles. The van der Waals surface area contributed by atoms with Gasteiger partial charge in [0.25, 0.3) is 5.91 Å². The second-order valence-corrected chi connectivity index (χ2v) is 6.64. The molecule has 126 valence electrons. The fraction of sp³-hybridized carbons (Fsp3) is 0.105. The molecule has 1 aliphatic heterocycles. The predicted octanol–water partition coefficient (Wildman–Crippen LogP) is 3.93. The molecule has 0 atom stereocenters. The highest BCUT2D eigenvalue weighted by Gasteiger charge is 2.30. The third kappa shape index (κ3) is 3.80. The Balaban J connectivity index is 1.89. The van der Waals surface area contributed by atoms with Crippen LogP contribution in [0.1, 0.15) is 21.5 Å². The van der Waals surface area contributed by atoms with Crippen LogP contribution in [-0.2, 0) is 4.79 Å². The highest BCUT2D eigenvalue weighted by Crippen LogP contribution is 2.33. The SMILES string of the molecule is Cc1ccc(C=C2SC(=Nc3cccc(C(=O)O)c3)N(C)C2=O)cc1. The highest BCUT2D eigenvalue weighted by molar-refractivity contribution is 8.18. The Labute approximate surface area is 149 Å². The Kier molecular flexibility index (Phi) is 4.72. The lowest BCUT2D eigenvalue weighted by molar-refractivity contribution is -0.121. The molecule has 25 heavy (non-hydrogen) atoms. The van der Waals surface area contributed by atoms with Crippen molar-refractivity contribution in [2.24, 2.45) is 4.99 Å². The summed E-state index contributed by atoms with van der Waals surface area (Å²) >= 11 is 1.28. The predicted molar refractivity (Wildman–Crippen MR) is 100 cm³/mol. The first-order valence-electron chi connectivity index (χ1n) is 7.60. The zero-order valence-electron chi connectivity index (χ0n) is 13.8. The van der Waals surface area contributed by atoms with Crippen LogP contribution in [0.3, 0.4) is 0 Å². The van der Waals surface area contributed by atoms with Crippen molar-refractivity contribution in [1.82, 2.24) is 4.90 Å². The fourth-order valence-corrected chi connectivity index (χ4v) is 3.27. The van der Waals surface area contributed by atoms with E-state index in [1.165, 1.54) is 28.8 Å². The number of carbonyl (C=O) groups is 2. The van der Waals surface area contributed by atoms with Crippen molar-refractivity contribution in [3.05, 3.63) is 70.1 Å². The summed E-state index contributed by atoms with van der Waals surface area (Å²) in [6.45, 7) is 2.01. The lowest BCUT2D eigenvalue weighted by atomic mass is 10.1. The molecule has 0 unspecified atom stereocenters. The Bertz CT molecular complexity index is 901. The van der Waals surface area contributed by atoms with Crippen molar-refractivity contribution in [1.29, 1.82) is 0 Å². The highest BCUT2D eigenvalue weighted by atomic mass is 32.2. The van der Waals surface area contributed by atoms with Gasteiger partial charge in [0.2, 0.25) is 0 Å². The Morgan fingerprint density at radius 1 is 1.20 bits per heavy atom. The lowest BCUT2D eigenvalue weighted by Gasteiger charge is -2.07. The van der Waals surface area contributed by atoms with E-state index in [-0.39, 0.29) is 11.5 Å². The van der Waals surface area contributed by atoms with Crippen LogP contribution >= 0.6 is 11.8 Å². The number of carbonyl (C=O) groups excluding carboxylic acids is 1. The number of carboxylic acid groups (broad SMARTS) is 1. The minimum atomic E-state index is -1.01. The quantitative estimate of drug-likeness (QED) is 0.850. The number of thioether (sulfide) groups is 1. The van der Waals surface area contributed by atoms with Gasteiger partial charge in [0.15, 0.2) is 5.17 Å². The molecule has 1 amide bonds. The lowest BCUT2D eigenvalue weighted by Crippen LogP contribution is -2.23. The molecule has 0 bridgehead atoms. The Morgan fingerprint density at radius 2 is 1.92 bits per heavy atom. The van der Waals surface area contributed by atoms with Gasteiger partial charge in [0, 0.05) is 7.05 Å². The monoisotopic (exact) mass is 352 g/mol. The van der Waals surface area contributed by atoms with Crippen molar-refractivity contribution in [2.45, 2.75) is 6.92 Å². The van der Waals surface area contributed by atoms with E-state index in [2.05, 4.69) is 4.99 Å². The molecular formula is C19H16N2O3S. The number of carboxylic acids is 1. The molecule has 0 saturated carbocycles. The number of hydrogen-bond acceptors (Lipinski definition) is 4. The number of rotatable bonds is 3. The van der Waals surface area contributed by atoms with Crippen LogP contribution in [0.5, 0.6) is 0 Å². The van der Waals surface area contributed by atoms with Gasteiger partial charge >= 0.3 is 5.97 Å². The smallest absolute Gasteiger partial charge is 0.335 e. The molecule has 5 nitrogen and oxygen atoms in total. The van der Waals surface area contributed by atoms with Crippen LogP contribution in [0.15, 0.2) is 58.4 Å². The van der Waals surface area contributed by atoms with Gasteiger partial charge in [0.1, 0.15) is 0 Å². The number of hydrogen-bond donors (Lipinski definition) is 1. The zero-order valence-corrected chi connectivity index (χ0v) is 14.6. The second kappa shape index (κ2) is 6.94. The van der Waals surface area contributed by atoms with E-state index in [0.29, 0.717) is 15.8 Å². The van der Waals surface area contributed by atoms with Crippen LogP contribution in [0.25, 0.3) is 6.08 Å². The number of aryl methyl sites for hydroxylation is 1. The molecule has 1 saturated heterocycles. The van der Waals surface area contributed by atoms with Crippen molar-refractivity contribution < 1.29 is 14.7 Å². The number of amidine groups is 1. The second-order valence-electron chi connectivity index (χ2n) is 5.64. The van der Waals surface area contributed by atoms with Gasteiger partial charge in [-0.15, -0.1) is 0 Å². The topological polar surface area (TPSA) is 70.0 Å². The molecule has 1 heterocycles. The van der Waals surface area contributed by atoms with Gasteiger partial charge in [0.05, 0.1) is 16.2 Å². The summed E-state index contributed by atoms with van der Waals surface area (Å²) in [6.07, 6.45) is 1.83. The van der Waals surface area contributed by atoms with E-state index in [0.717, 1.165) is 11.1 Å². The first-order valence-corrected chi connectivity index (χ1v) is 8.42. The average molecular weight is 352 g/mol. The maximum absolute atomic E-state index is 12.4. The standard InChI is InChI=1S/C19H16N2O3S/c1-12-6-8-13(9-7-12)10-16-17(22)21(2)19(25-16)20-15-5-3-4-14(11-15)18(23)24/h3-11H,1-2H3,(H,23,24). The van der Waals surface area contributed by atoms with Crippen molar-refractivity contribution in [2.75, 3.05) is 7.05 Å². The minimum absolute atomic E-state index is 0.126. The third-order valence-electron chi connectivity index (χ3n) is 3.70. The van der Waals surface area contributed by atoms with Gasteiger partial charge in [-0.25, -0.2) is 9.79 Å². The molecule has 0 spiro atoms. The van der Waals surface area contributed by atoms with Crippen molar-refractivity contribution in [3.8, 4) is 0 Å². The van der Waals surface area contributed by atoms with Crippen LogP contribution in [0.4, 0.5) is 5.69 Å². The number of aliphatic imine (C=N–C) groups is 1. The molecule has 2 aromatic carbocycles. The fourth-order valence-electron chi connectivity index (χ4n) is 2.28. The summed E-state index contributed by atoms with van der Waals surface area (Å²) < 4.78 is 0. The number of aromatic carboxylic acids is 1. The van der Waals surface area contributed by atoms with Gasteiger partial charge in [-0.3, -0.25) is 9.69 Å². The number of benzene rings is 2. The van der Waals surface area contributed by atoms with E-state index < -0.39 is 5.97 Å². The van der Waals surface area contributed by atoms with E-state index in [4.69, 9.17) is 5.11 Å². The maximum atomic E-state index is 12.4. The Morgan fingerprint density at radius 3 is 2.60 bits per heavy atom. The van der Waals surface area contributed by atoms with Gasteiger partial charge < -0.3 is 5.11 Å². The summed E-state index contributed by atoms with van der Waals surface area (Å²) in [6, 6.07) is 14.2. The summed E-state index contributed by atoms with van der Waals surface area (Å²) in [4.78, 5) is 29.9. The molecule has 2 aromatic rings.